The molecule has 0 fully saturated rings. The van der Waals surface area contributed by atoms with Crippen LogP contribution >= 0.6 is 0 Å². The van der Waals surface area contributed by atoms with Gasteiger partial charge in [0.05, 0.1) is 6.42 Å². The molecule has 0 heterocycles. The molecule has 1 rings (SSSR count). The van der Waals surface area contributed by atoms with E-state index < -0.39 is 0 Å². The van der Waals surface area contributed by atoms with E-state index in [-0.39, 0.29) is 24.8 Å². The molecule has 0 aliphatic heterocycles. The average molecular weight is 319 g/mol. The van der Waals surface area contributed by atoms with Gasteiger partial charge in [0.25, 0.3) is 5.91 Å². The summed E-state index contributed by atoms with van der Waals surface area (Å²) in [5.74, 6) is 0.589. The van der Waals surface area contributed by atoms with E-state index in [2.05, 4.69) is 15.8 Å². The lowest BCUT2D eigenvalue weighted by atomic mass is 10.2. The van der Waals surface area contributed by atoms with Crippen molar-refractivity contribution in [1.29, 1.82) is 0 Å². The third-order valence-electron chi connectivity index (χ3n) is 2.95. The number of ether oxygens (including phenoxy) is 1. The van der Waals surface area contributed by atoms with E-state index in [1.54, 1.807) is 13.0 Å². The molecule has 0 aliphatic carbocycles. The number of hydrazone groups is 1. The number of rotatable bonds is 8. The van der Waals surface area contributed by atoms with Crippen LogP contribution in [0.15, 0.2) is 29.4 Å². The van der Waals surface area contributed by atoms with Crippen molar-refractivity contribution in [3.63, 3.8) is 0 Å². The van der Waals surface area contributed by atoms with Gasteiger partial charge in [0.15, 0.2) is 6.61 Å². The Labute approximate surface area is 137 Å². The minimum Gasteiger partial charge on any atom is -0.483 e. The molecule has 0 atom stereocenters. The highest BCUT2D eigenvalue weighted by Crippen LogP contribution is 2.15. The van der Waals surface area contributed by atoms with Crippen LogP contribution in [0.25, 0.3) is 0 Å². The molecule has 0 spiro atoms. The third-order valence-corrected chi connectivity index (χ3v) is 2.95. The quantitative estimate of drug-likeness (QED) is 0.568. The number of hydrogen-bond acceptors (Lipinski definition) is 4. The Balaban J connectivity index is 2.33. The fourth-order valence-corrected chi connectivity index (χ4v) is 1.70. The van der Waals surface area contributed by atoms with E-state index in [4.69, 9.17) is 4.74 Å². The molecule has 23 heavy (non-hydrogen) atoms. The lowest BCUT2D eigenvalue weighted by Crippen LogP contribution is -2.30. The molecule has 0 saturated heterocycles. The molecule has 1 aromatic rings. The molecule has 0 radical (unpaired) electrons. The van der Waals surface area contributed by atoms with Crippen LogP contribution in [-0.4, -0.2) is 30.7 Å². The largest absolute Gasteiger partial charge is 0.483 e. The topological polar surface area (TPSA) is 79.8 Å². The standard InChI is InChI=1S/C17H25N3O3/c1-12(2)10-18-16(21)9-14(4)19-20-17(22)11-23-15-8-6-5-7-13(15)3/h5-8,12H,9-11H2,1-4H3,(H,18,21)(H,20,22). The minimum atomic E-state index is -0.366. The predicted octanol–water partition coefficient (Wildman–Crippen LogP) is 2.03. The second kappa shape index (κ2) is 9.61. The number of amides is 2. The molecule has 0 saturated carbocycles. The van der Waals surface area contributed by atoms with Gasteiger partial charge in [0, 0.05) is 12.3 Å². The number of nitrogens with one attached hydrogen (secondary N) is 2. The molecule has 0 unspecified atom stereocenters. The van der Waals surface area contributed by atoms with Crippen LogP contribution in [0.2, 0.25) is 0 Å². The summed E-state index contributed by atoms with van der Waals surface area (Å²) in [4.78, 5) is 23.3. The maximum absolute atomic E-state index is 11.7. The lowest BCUT2D eigenvalue weighted by molar-refractivity contribution is -0.123. The van der Waals surface area contributed by atoms with Gasteiger partial charge in [-0.25, -0.2) is 5.43 Å². The first kappa shape index (κ1) is 18.7. The molecule has 0 bridgehead atoms. The van der Waals surface area contributed by atoms with Crippen LogP contribution in [0.5, 0.6) is 5.75 Å². The Bertz CT molecular complexity index is 568. The number of nitrogens with zero attached hydrogens (tertiary/aromatic N) is 1. The molecule has 6 nitrogen and oxygen atoms in total. The van der Waals surface area contributed by atoms with Crippen LogP contribution < -0.4 is 15.5 Å². The van der Waals surface area contributed by atoms with E-state index in [0.29, 0.717) is 23.9 Å². The number of para-hydroxylation sites is 1. The molecule has 0 aliphatic rings. The predicted molar refractivity (Wildman–Crippen MR) is 90.4 cm³/mol. The van der Waals surface area contributed by atoms with E-state index >= 15 is 0 Å². The van der Waals surface area contributed by atoms with Crippen molar-refractivity contribution in [2.45, 2.75) is 34.1 Å². The van der Waals surface area contributed by atoms with Crippen molar-refractivity contribution in [3.05, 3.63) is 29.8 Å². The summed E-state index contributed by atoms with van der Waals surface area (Å²) >= 11 is 0. The number of aryl methyl sites for hydroxylation is 1. The van der Waals surface area contributed by atoms with Crippen molar-refractivity contribution in [2.24, 2.45) is 11.0 Å². The van der Waals surface area contributed by atoms with Crippen molar-refractivity contribution >= 4 is 17.5 Å². The highest BCUT2D eigenvalue weighted by atomic mass is 16.5. The van der Waals surface area contributed by atoms with Gasteiger partial charge in [0.2, 0.25) is 5.91 Å². The summed E-state index contributed by atoms with van der Waals surface area (Å²) in [6.45, 7) is 8.15. The normalized spacial score (nSPS) is 11.3. The maximum atomic E-state index is 11.7. The van der Waals surface area contributed by atoms with Crippen molar-refractivity contribution < 1.29 is 14.3 Å². The molecule has 2 N–H and O–H groups in total. The first-order valence-electron chi connectivity index (χ1n) is 7.65. The van der Waals surface area contributed by atoms with Gasteiger partial charge in [-0.05, 0) is 31.4 Å². The average Bonchev–Trinajstić information content (AvgIpc) is 2.50. The van der Waals surface area contributed by atoms with Crippen molar-refractivity contribution in [1.82, 2.24) is 10.7 Å². The lowest BCUT2D eigenvalue weighted by Gasteiger charge is -2.08. The third kappa shape index (κ3) is 7.99. The van der Waals surface area contributed by atoms with E-state index in [0.717, 1.165) is 5.56 Å². The first-order valence-corrected chi connectivity index (χ1v) is 7.65. The molecular weight excluding hydrogens is 294 g/mol. The van der Waals surface area contributed by atoms with Crippen LogP contribution in [0.3, 0.4) is 0 Å². The van der Waals surface area contributed by atoms with E-state index in [1.165, 1.54) is 0 Å². The monoisotopic (exact) mass is 319 g/mol. The van der Waals surface area contributed by atoms with Gasteiger partial charge in [0.1, 0.15) is 5.75 Å². The summed E-state index contributed by atoms with van der Waals surface area (Å²) in [6, 6.07) is 7.46. The highest BCUT2D eigenvalue weighted by molar-refractivity contribution is 6.00. The summed E-state index contributed by atoms with van der Waals surface area (Å²) in [7, 11) is 0. The zero-order valence-corrected chi connectivity index (χ0v) is 14.2. The zero-order chi connectivity index (χ0) is 17.2. The number of benzene rings is 1. The molecule has 126 valence electrons. The molecule has 6 heteroatoms. The Morgan fingerprint density at radius 3 is 2.57 bits per heavy atom. The number of hydrogen-bond donors (Lipinski definition) is 2. The summed E-state index contributed by atoms with van der Waals surface area (Å²) in [6.07, 6.45) is 0.158. The maximum Gasteiger partial charge on any atom is 0.277 e. The van der Waals surface area contributed by atoms with Gasteiger partial charge in [-0.3, -0.25) is 9.59 Å². The highest BCUT2D eigenvalue weighted by Gasteiger charge is 2.06. The second-order valence-electron chi connectivity index (χ2n) is 5.81. The van der Waals surface area contributed by atoms with E-state index in [1.807, 2.05) is 39.0 Å². The Morgan fingerprint density at radius 2 is 1.91 bits per heavy atom. The van der Waals surface area contributed by atoms with Crippen LogP contribution in [0, 0.1) is 12.8 Å². The van der Waals surface area contributed by atoms with Gasteiger partial charge >= 0.3 is 0 Å². The molecule has 0 aromatic heterocycles. The first-order chi connectivity index (χ1) is 10.9. The minimum absolute atomic E-state index is 0.106. The second-order valence-corrected chi connectivity index (χ2v) is 5.81. The van der Waals surface area contributed by atoms with Gasteiger partial charge in [-0.15, -0.1) is 0 Å². The summed E-state index contributed by atoms with van der Waals surface area (Å²) in [5, 5.41) is 6.70. The van der Waals surface area contributed by atoms with Crippen LogP contribution in [0.1, 0.15) is 32.8 Å². The fourth-order valence-electron chi connectivity index (χ4n) is 1.70. The summed E-state index contributed by atoms with van der Waals surface area (Å²) < 4.78 is 5.42. The number of carbonyl (C=O) groups excluding carboxylic acids is 2. The Kier molecular flexibility index (Phi) is 7.80. The molecule has 1 aromatic carbocycles. The van der Waals surface area contributed by atoms with Crippen molar-refractivity contribution in [2.75, 3.05) is 13.2 Å². The van der Waals surface area contributed by atoms with E-state index in [9.17, 15) is 9.59 Å². The SMILES string of the molecule is CC(CC(=O)NCC(C)C)=NNC(=O)COc1ccccc1C. The summed E-state index contributed by atoms with van der Waals surface area (Å²) in [5.41, 5.74) is 3.88. The molecule has 2 amide bonds. The van der Waals surface area contributed by atoms with Crippen LogP contribution in [0.4, 0.5) is 0 Å². The van der Waals surface area contributed by atoms with Crippen molar-refractivity contribution in [3.8, 4) is 5.75 Å². The van der Waals surface area contributed by atoms with Gasteiger partial charge in [-0.1, -0.05) is 32.0 Å². The van der Waals surface area contributed by atoms with Gasteiger partial charge in [-0.2, -0.15) is 5.10 Å². The zero-order valence-electron chi connectivity index (χ0n) is 14.2. The molecular formula is C17H25N3O3. The Hall–Kier alpha value is -2.37. The van der Waals surface area contributed by atoms with Gasteiger partial charge < -0.3 is 10.1 Å². The fraction of sp³-hybridized carbons (Fsp3) is 0.471. The van der Waals surface area contributed by atoms with Crippen LogP contribution in [-0.2, 0) is 9.59 Å². The smallest absolute Gasteiger partial charge is 0.277 e. The Morgan fingerprint density at radius 1 is 1.22 bits per heavy atom. The number of carbonyl (C=O) groups is 2.